The van der Waals surface area contributed by atoms with Gasteiger partial charge in [-0.05, 0) is 36.6 Å². The van der Waals surface area contributed by atoms with Crippen LogP contribution >= 0.6 is 0 Å². The van der Waals surface area contributed by atoms with Crippen LogP contribution in [0.25, 0.3) is 0 Å². The maximum atomic E-state index is 6.37. The lowest BCUT2D eigenvalue weighted by Crippen LogP contribution is -2.35. The first-order valence-corrected chi connectivity index (χ1v) is 7.18. The van der Waals surface area contributed by atoms with Gasteiger partial charge in [0.1, 0.15) is 0 Å². The largest absolute Gasteiger partial charge is 0.423 e. The maximum absolute atomic E-state index is 6.37. The Morgan fingerprint density at radius 2 is 1.73 bits per heavy atom. The van der Waals surface area contributed by atoms with E-state index >= 15 is 0 Å². The molecule has 1 aromatic carbocycles. The predicted molar refractivity (Wildman–Crippen MR) is 83.0 cm³/mol. The van der Waals surface area contributed by atoms with Gasteiger partial charge in [-0.3, -0.25) is 4.98 Å². The number of benzene rings is 1. The average molecular weight is 294 g/mol. The molecule has 0 spiro atoms. The van der Waals surface area contributed by atoms with E-state index in [9.17, 15) is 0 Å². The van der Waals surface area contributed by atoms with Crippen LogP contribution in [0.1, 0.15) is 29.8 Å². The molecule has 0 saturated heterocycles. The van der Waals surface area contributed by atoms with Gasteiger partial charge in [0.25, 0.3) is 0 Å². The Labute approximate surface area is 129 Å². The summed E-state index contributed by atoms with van der Waals surface area (Å²) in [4.78, 5) is 3.99. The summed E-state index contributed by atoms with van der Waals surface area (Å²) in [5.74, 6) is 1.02. The normalized spacial score (nSPS) is 13.7. The first kappa shape index (κ1) is 14.4. The van der Waals surface area contributed by atoms with E-state index in [1.165, 1.54) is 0 Å². The van der Waals surface area contributed by atoms with Gasteiger partial charge in [-0.1, -0.05) is 30.3 Å². The molecule has 112 valence electrons. The Morgan fingerprint density at radius 3 is 2.45 bits per heavy atom. The van der Waals surface area contributed by atoms with Crippen molar-refractivity contribution >= 4 is 0 Å². The zero-order valence-corrected chi connectivity index (χ0v) is 12.4. The molecule has 0 amide bonds. The first-order valence-electron chi connectivity index (χ1n) is 7.18. The number of pyridine rings is 1. The second-order valence-electron chi connectivity index (χ2n) is 5.61. The minimum atomic E-state index is -0.690. The lowest BCUT2D eigenvalue weighted by Gasteiger charge is -2.20. The molecule has 2 aromatic heterocycles. The third-order valence-corrected chi connectivity index (χ3v) is 3.47. The van der Waals surface area contributed by atoms with Gasteiger partial charge in [-0.2, -0.15) is 0 Å². The molecule has 3 aromatic rings. The van der Waals surface area contributed by atoms with Crippen molar-refractivity contribution in [2.24, 2.45) is 5.73 Å². The summed E-state index contributed by atoms with van der Waals surface area (Å²) >= 11 is 0. The highest BCUT2D eigenvalue weighted by atomic mass is 16.4. The number of nitrogens with zero attached hydrogens (tertiary/aromatic N) is 3. The molecule has 5 nitrogen and oxygen atoms in total. The van der Waals surface area contributed by atoms with Crippen molar-refractivity contribution in [2.75, 3.05) is 0 Å². The van der Waals surface area contributed by atoms with Crippen molar-refractivity contribution in [1.29, 1.82) is 0 Å². The molecule has 0 aliphatic heterocycles. The highest BCUT2D eigenvalue weighted by Crippen LogP contribution is 2.22. The number of hydrogen-bond donors (Lipinski definition) is 1. The zero-order valence-electron chi connectivity index (χ0n) is 12.4. The van der Waals surface area contributed by atoms with E-state index in [4.69, 9.17) is 10.2 Å². The van der Waals surface area contributed by atoms with Crippen molar-refractivity contribution in [3.8, 4) is 0 Å². The van der Waals surface area contributed by atoms with Gasteiger partial charge in [0, 0.05) is 12.4 Å². The number of hydrogen-bond acceptors (Lipinski definition) is 5. The van der Waals surface area contributed by atoms with Crippen LogP contribution in [0, 0.1) is 0 Å². The van der Waals surface area contributed by atoms with Gasteiger partial charge < -0.3 is 10.2 Å². The lowest BCUT2D eigenvalue weighted by molar-refractivity contribution is 0.339. The molecule has 0 unspecified atom stereocenters. The molecule has 2 N–H and O–H groups in total. The van der Waals surface area contributed by atoms with Gasteiger partial charge in [-0.15, -0.1) is 10.2 Å². The monoisotopic (exact) mass is 294 g/mol. The molecule has 2 heterocycles. The van der Waals surface area contributed by atoms with Crippen LogP contribution in [0.3, 0.4) is 0 Å². The van der Waals surface area contributed by atoms with E-state index in [0.29, 0.717) is 24.6 Å². The Hall–Kier alpha value is -2.53. The topological polar surface area (TPSA) is 77.8 Å². The van der Waals surface area contributed by atoms with Crippen LogP contribution in [0.15, 0.2) is 59.3 Å². The molecule has 3 rings (SSSR count). The second-order valence-corrected chi connectivity index (χ2v) is 5.61. The highest BCUT2D eigenvalue weighted by Gasteiger charge is 2.28. The van der Waals surface area contributed by atoms with E-state index in [1.54, 1.807) is 12.4 Å². The van der Waals surface area contributed by atoms with Gasteiger partial charge in [-0.25, -0.2) is 0 Å². The van der Waals surface area contributed by atoms with E-state index in [-0.39, 0.29) is 0 Å². The summed E-state index contributed by atoms with van der Waals surface area (Å²) in [6, 6.07) is 13.9. The van der Waals surface area contributed by atoms with Crippen molar-refractivity contribution < 1.29 is 4.42 Å². The fourth-order valence-corrected chi connectivity index (χ4v) is 2.33. The Balaban J connectivity index is 1.75. The molecule has 0 aliphatic rings. The fourth-order valence-electron chi connectivity index (χ4n) is 2.33. The molecular weight excluding hydrogens is 276 g/mol. The Morgan fingerprint density at radius 1 is 1.00 bits per heavy atom. The van der Waals surface area contributed by atoms with Crippen molar-refractivity contribution in [1.82, 2.24) is 15.2 Å². The van der Waals surface area contributed by atoms with Gasteiger partial charge in [0.05, 0.1) is 12.0 Å². The number of nitrogens with two attached hydrogens (primary N) is 1. The van der Waals surface area contributed by atoms with Gasteiger partial charge in [0.2, 0.25) is 11.8 Å². The predicted octanol–water partition coefficient (Wildman–Crippen LogP) is 2.47. The van der Waals surface area contributed by atoms with Crippen LogP contribution < -0.4 is 5.73 Å². The smallest absolute Gasteiger partial charge is 0.236 e. The summed E-state index contributed by atoms with van der Waals surface area (Å²) in [6.07, 6.45) is 4.71. The standard InChI is InChI=1S/C17H18N4O/c1-17(18,12-14-5-3-2-4-6-14)16-21-20-15(22-16)11-13-7-9-19-10-8-13/h2-10H,11-12,18H2,1H3/t17-/m1/s1. The summed E-state index contributed by atoms with van der Waals surface area (Å²) in [5.41, 5.74) is 7.90. The summed E-state index contributed by atoms with van der Waals surface area (Å²) < 4.78 is 5.76. The van der Waals surface area contributed by atoms with Crippen LogP contribution in [0.2, 0.25) is 0 Å². The van der Waals surface area contributed by atoms with E-state index in [2.05, 4.69) is 15.2 Å². The van der Waals surface area contributed by atoms with E-state index in [0.717, 1.165) is 11.1 Å². The number of aromatic nitrogens is 3. The van der Waals surface area contributed by atoms with Crippen molar-refractivity contribution in [3.05, 3.63) is 77.8 Å². The average Bonchev–Trinajstić information content (AvgIpc) is 2.98. The van der Waals surface area contributed by atoms with E-state index in [1.807, 2.05) is 49.4 Å². The van der Waals surface area contributed by atoms with Gasteiger partial charge in [0.15, 0.2) is 0 Å². The minimum Gasteiger partial charge on any atom is -0.423 e. The molecule has 5 heteroatoms. The maximum Gasteiger partial charge on any atom is 0.236 e. The SMILES string of the molecule is C[C@@](N)(Cc1ccccc1)c1nnc(Cc2ccncc2)o1. The molecule has 1 atom stereocenters. The summed E-state index contributed by atoms with van der Waals surface area (Å²) in [7, 11) is 0. The minimum absolute atomic E-state index is 0.459. The second kappa shape index (κ2) is 6.07. The molecule has 22 heavy (non-hydrogen) atoms. The Kier molecular flexibility index (Phi) is 3.98. The van der Waals surface area contributed by atoms with Crippen LogP contribution in [-0.4, -0.2) is 15.2 Å². The molecule has 0 saturated carbocycles. The summed E-state index contributed by atoms with van der Waals surface area (Å²) in [6.45, 7) is 1.91. The summed E-state index contributed by atoms with van der Waals surface area (Å²) in [5, 5.41) is 8.23. The van der Waals surface area contributed by atoms with Crippen molar-refractivity contribution in [3.63, 3.8) is 0 Å². The van der Waals surface area contributed by atoms with Crippen LogP contribution in [-0.2, 0) is 18.4 Å². The van der Waals surface area contributed by atoms with E-state index < -0.39 is 5.54 Å². The quantitative estimate of drug-likeness (QED) is 0.782. The molecule has 0 bridgehead atoms. The first-order chi connectivity index (χ1) is 10.6. The molecular formula is C17H18N4O. The fraction of sp³-hybridized carbons (Fsp3) is 0.235. The molecule has 0 aliphatic carbocycles. The van der Waals surface area contributed by atoms with Crippen LogP contribution in [0.5, 0.6) is 0 Å². The Bertz CT molecular complexity index is 723. The third-order valence-electron chi connectivity index (χ3n) is 3.47. The number of rotatable bonds is 5. The highest BCUT2D eigenvalue weighted by molar-refractivity contribution is 5.19. The lowest BCUT2D eigenvalue weighted by atomic mass is 9.94. The van der Waals surface area contributed by atoms with Crippen molar-refractivity contribution in [2.45, 2.75) is 25.3 Å². The third kappa shape index (κ3) is 3.38. The van der Waals surface area contributed by atoms with Gasteiger partial charge >= 0.3 is 0 Å². The van der Waals surface area contributed by atoms with Crippen LogP contribution in [0.4, 0.5) is 0 Å². The molecule has 0 radical (unpaired) electrons. The molecule has 0 fully saturated rings. The zero-order chi connectivity index (χ0) is 15.4.